The summed E-state index contributed by atoms with van der Waals surface area (Å²) in [4.78, 5) is 30.8. The zero-order chi connectivity index (χ0) is 15.4. The number of carbonyl (C=O) groups is 1. The maximum atomic E-state index is 11.7. The molecular formula is C11H17N5O5. The third-order valence-electron chi connectivity index (χ3n) is 2.70. The fourth-order valence-electron chi connectivity index (χ4n) is 1.84. The number of H-pyrrole nitrogens is 1. The van der Waals surface area contributed by atoms with Gasteiger partial charge in [-0.2, -0.15) is 4.98 Å². The fourth-order valence-corrected chi connectivity index (χ4v) is 1.84. The second-order valence-electron chi connectivity index (χ2n) is 4.32. The van der Waals surface area contributed by atoms with E-state index in [1.807, 2.05) is 0 Å². The number of esters is 1. The summed E-state index contributed by atoms with van der Waals surface area (Å²) in [7, 11) is 0. The molecule has 0 saturated heterocycles. The van der Waals surface area contributed by atoms with Gasteiger partial charge in [-0.1, -0.05) is 0 Å². The summed E-state index contributed by atoms with van der Waals surface area (Å²) in [5.74, 6) is -0.355. The van der Waals surface area contributed by atoms with Gasteiger partial charge in [-0.25, -0.2) is 0 Å². The lowest BCUT2D eigenvalue weighted by atomic mass is 10.4. The second kappa shape index (κ2) is 6.41. The lowest BCUT2D eigenvalue weighted by Gasteiger charge is -2.27. The fraction of sp³-hybridized carbons (Fsp3) is 0.545. The van der Waals surface area contributed by atoms with E-state index in [0.29, 0.717) is 6.42 Å². The van der Waals surface area contributed by atoms with E-state index in [4.69, 9.17) is 20.3 Å². The third kappa shape index (κ3) is 3.41. The molecule has 1 aliphatic heterocycles. The average molecular weight is 299 g/mol. The summed E-state index contributed by atoms with van der Waals surface area (Å²) in [5, 5.41) is 11.6. The first-order valence-corrected chi connectivity index (χ1v) is 6.33. The lowest BCUT2D eigenvalue weighted by Crippen LogP contribution is -2.41. The standard InChI is InChI=1S/C11H17N5O5/c1-6(18)21-11(20-4-2-3-17)16-5-13-7-8(16)14-10(12)15-9(7)19/h11,13,17H,2-5H2,1H3,(H3,12,14,15,19). The van der Waals surface area contributed by atoms with Crippen molar-refractivity contribution in [3.63, 3.8) is 0 Å². The molecule has 0 amide bonds. The van der Waals surface area contributed by atoms with Crippen LogP contribution in [-0.2, 0) is 14.3 Å². The Morgan fingerprint density at radius 2 is 2.38 bits per heavy atom. The summed E-state index contributed by atoms with van der Waals surface area (Å²) < 4.78 is 10.5. The Bertz CT molecular complexity index is 575. The molecule has 5 N–H and O–H groups in total. The number of rotatable bonds is 6. The molecule has 0 saturated carbocycles. The van der Waals surface area contributed by atoms with E-state index in [1.165, 1.54) is 11.8 Å². The normalized spacial score (nSPS) is 14.5. The van der Waals surface area contributed by atoms with Gasteiger partial charge in [-0.3, -0.25) is 19.5 Å². The van der Waals surface area contributed by atoms with Crippen molar-refractivity contribution in [2.75, 3.05) is 35.8 Å². The molecular weight excluding hydrogens is 282 g/mol. The minimum absolute atomic E-state index is 0.0491. The molecule has 0 spiro atoms. The number of aromatic amines is 1. The number of fused-ring (bicyclic) bond motifs is 1. The summed E-state index contributed by atoms with van der Waals surface area (Å²) >= 11 is 0. The molecule has 10 nitrogen and oxygen atoms in total. The van der Waals surface area contributed by atoms with Crippen LogP contribution in [0.15, 0.2) is 4.79 Å². The van der Waals surface area contributed by atoms with Crippen molar-refractivity contribution >= 4 is 23.4 Å². The summed E-state index contributed by atoms with van der Waals surface area (Å²) in [6, 6.07) is 0. The number of nitrogens with zero attached hydrogens (tertiary/aromatic N) is 2. The van der Waals surface area contributed by atoms with Crippen LogP contribution in [0.3, 0.4) is 0 Å². The van der Waals surface area contributed by atoms with Crippen LogP contribution in [-0.4, -0.2) is 47.3 Å². The second-order valence-corrected chi connectivity index (χ2v) is 4.32. The van der Waals surface area contributed by atoms with Gasteiger partial charge in [0, 0.05) is 13.5 Å². The molecule has 1 aromatic rings. The average Bonchev–Trinajstić information content (AvgIpc) is 2.81. The predicted octanol–water partition coefficient (Wildman–Crippen LogP) is -1.21. The zero-order valence-electron chi connectivity index (χ0n) is 11.5. The maximum Gasteiger partial charge on any atom is 0.306 e. The summed E-state index contributed by atoms with van der Waals surface area (Å²) in [5.41, 5.74) is 5.32. The Balaban J connectivity index is 2.23. The Hall–Kier alpha value is -2.33. The maximum absolute atomic E-state index is 11.7. The van der Waals surface area contributed by atoms with Crippen LogP contribution in [0.4, 0.5) is 17.5 Å². The van der Waals surface area contributed by atoms with Crippen LogP contribution in [0.25, 0.3) is 0 Å². The molecule has 0 aliphatic carbocycles. The number of aromatic nitrogens is 2. The van der Waals surface area contributed by atoms with Gasteiger partial charge in [0.15, 0.2) is 5.82 Å². The zero-order valence-corrected chi connectivity index (χ0v) is 11.5. The molecule has 1 aliphatic rings. The highest BCUT2D eigenvalue weighted by molar-refractivity contribution is 5.72. The van der Waals surface area contributed by atoms with Crippen LogP contribution < -0.4 is 21.5 Å². The van der Waals surface area contributed by atoms with Crippen LogP contribution in [0.2, 0.25) is 0 Å². The molecule has 0 bridgehead atoms. The monoisotopic (exact) mass is 299 g/mol. The molecule has 1 aromatic heterocycles. The van der Waals surface area contributed by atoms with E-state index >= 15 is 0 Å². The lowest BCUT2D eigenvalue weighted by molar-refractivity contribution is -0.176. The van der Waals surface area contributed by atoms with Gasteiger partial charge < -0.3 is 25.6 Å². The van der Waals surface area contributed by atoms with E-state index in [-0.39, 0.29) is 37.3 Å². The predicted molar refractivity (Wildman–Crippen MR) is 73.4 cm³/mol. The van der Waals surface area contributed by atoms with Crippen molar-refractivity contribution in [2.24, 2.45) is 0 Å². The number of nitrogen functional groups attached to an aromatic ring is 1. The first-order valence-electron chi connectivity index (χ1n) is 6.33. The number of anilines is 3. The van der Waals surface area contributed by atoms with Crippen LogP contribution in [0, 0.1) is 0 Å². The highest BCUT2D eigenvalue weighted by Gasteiger charge is 2.32. The molecule has 10 heteroatoms. The van der Waals surface area contributed by atoms with Gasteiger partial charge in [-0.15, -0.1) is 0 Å². The number of aliphatic hydroxyl groups is 1. The number of hydrogen-bond donors (Lipinski definition) is 4. The van der Waals surface area contributed by atoms with Gasteiger partial charge >= 0.3 is 5.97 Å². The molecule has 2 heterocycles. The minimum Gasteiger partial charge on any atom is -0.416 e. The van der Waals surface area contributed by atoms with Crippen molar-refractivity contribution in [1.82, 2.24) is 9.97 Å². The van der Waals surface area contributed by atoms with E-state index < -0.39 is 17.9 Å². The van der Waals surface area contributed by atoms with Gasteiger partial charge in [0.2, 0.25) is 5.95 Å². The summed E-state index contributed by atoms with van der Waals surface area (Å²) in [6.45, 7) is 1.55. The molecule has 1 unspecified atom stereocenters. The van der Waals surface area contributed by atoms with Gasteiger partial charge in [0.05, 0.1) is 13.3 Å². The van der Waals surface area contributed by atoms with Gasteiger partial charge in [-0.05, 0) is 6.42 Å². The van der Waals surface area contributed by atoms with Crippen molar-refractivity contribution in [3.05, 3.63) is 10.4 Å². The smallest absolute Gasteiger partial charge is 0.306 e. The Morgan fingerprint density at radius 1 is 1.62 bits per heavy atom. The molecule has 0 aromatic carbocycles. The largest absolute Gasteiger partial charge is 0.416 e. The number of carbonyl (C=O) groups excluding carboxylic acids is 1. The topological polar surface area (TPSA) is 143 Å². The quantitative estimate of drug-likeness (QED) is 0.289. The van der Waals surface area contributed by atoms with Crippen LogP contribution in [0.5, 0.6) is 0 Å². The molecule has 2 rings (SSSR count). The number of aliphatic hydroxyl groups excluding tert-OH is 1. The molecule has 0 fully saturated rings. The Labute approximate surface area is 119 Å². The number of hydrogen-bond acceptors (Lipinski definition) is 9. The minimum atomic E-state index is -1.06. The first-order chi connectivity index (χ1) is 10.0. The molecule has 116 valence electrons. The first kappa shape index (κ1) is 15.1. The highest BCUT2D eigenvalue weighted by atomic mass is 16.7. The SMILES string of the molecule is CC(=O)OC(OCCCO)N1CNc2c1nc(N)[nH]c2=O. The Kier molecular flexibility index (Phi) is 4.60. The van der Waals surface area contributed by atoms with Crippen LogP contribution >= 0.6 is 0 Å². The third-order valence-corrected chi connectivity index (χ3v) is 2.70. The van der Waals surface area contributed by atoms with E-state index in [0.717, 1.165) is 0 Å². The van der Waals surface area contributed by atoms with E-state index in [1.54, 1.807) is 0 Å². The highest BCUT2D eigenvalue weighted by Crippen LogP contribution is 2.28. The molecule has 21 heavy (non-hydrogen) atoms. The van der Waals surface area contributed by atoms with Crippen LogP contribution in [0.1, 0.15) is 13.3 Å². The molecule has 0 radical (unpaired) electrons. The number of nitrogens with two attached hydrogens (primary N) is 1. The van der Waals surface area contributed by atoms with Gasteiger partial charge in [0.1, 0.15) is 5.69 Å². The Morgan fingerprint density at radius 3 is 3.05 bits per heavy atom. The number of ether oxygens (including phenoxy) is 2. The molecule has 1 atom stereocenters. The van der Waals surface area contributed by atoms with Crippen molar-refractivity contribution in [3.8, 4) is 0 Å². The van der Waals surface area contributed by atoms with Crippen molar-refractivity contribution < 1.29 is 19.4 Å². The summed E-state index contributed by atoms with van der Waals surface area (Å²) in [6.07, 6.45) is -0.673. The van der Waals surface area contributed by atoms with Gasteiger partial charge in [0.25, 0.3) is 12.0 Å². The van der Waals surface area contributed by atoms with Crippen molar-refractivity contribution in [2.45, 2.75) is 19.8 Å². The van der Waals surface area contributed by atoms with E-state index in [9.17, 15) is 9.59 Å². The number of nitrogens with one attached hydrogen (secondary N) is 2. The van der Waals surface area contributed by atoms with E-state index in [2.05, 4.69) is 15.3 Å². The van der Waals surface area contributed by atoms with Crippen molar-refractivity contribution in [1.29, 1.82) is 0 Å².